The largest absolute Gasteiger partial charge is 0.497 e. The van der Waals surface area contributed by atoms with E-state index in [9.17, 15) is 4.39 Å². The van der Waals surface area contributed by atoms with Crippen molar-refractivity contribution in [3.8, 4) is 17.0 Å². The Morgan fingerprint density at radius 1 is 1.00 bits per heavy atom. The zero-order chi connectivity index (χ0) is 17.9. The minimum Gasteiger partial charge on any atom is -0.497 e. The van der Waals surface area contributed by atoms with Gasteiger partial charge in [0, 0.05) is 18.0 Å². The van der Waals surface area contributed by atoms with E-state index >= 15 is 0 Å². The monoisotopic (exact) mass is 345 g/mol. The van der Waals surface area contributed by atoms with Gasteiger partial charge in [0.1, 0.15) is 22.9 Å². The SMILES string of the molecule is COc1ccc(-c2nc3ccccn3c2/N=C\c2ccc(F)cc2)cc1. The molecule has 0 aliphatic carbocycles. The lowest BCUT2D eigenvalue weighted by Gasteiger charge is -2.03. The zero-order valence-electron chi connectivity index (χ0n) is 14.1. The third-order valence-corrected chi connectivity index (χ3v) is 4.07. The van der Waals surface area contributed by atoms with E-state index in [1.165, 1.54) is 12.1 Å². The number of benzene rings is 2. The molecule has 0 N–H and O–H groups in total. The van der Waals surface area contributed by atoms with Crippen molar-refractivity contribution in [1.29, 1.82) is 0 Å². The topological polar surface area (TPSA) is 38.9 Å². The molecule has 2 aromatic heterocycles. The minimum absolute atomic E-state index is 0.268. The highest BCUT2D eigenvalue weighted by Gasteiger charge is 2.13. The highest BCUT2D eigenvalue weighted by Crippen LogP contribution is 2.31. The number of hydrogen-bond acceptors (Lipinski definition) is 3. The maximum absolute atomic E-state index is 13.1. The molecule has 0 unspecified atom stereocenters. The summed E-state index contributed by atoms with van der Waals surface area (Å²) in [5, 5.41) is 0. The van der Waals surface area contributed by atoms with Gasteiger partial charge in [-0.25, -0.2) is 14.4 Å². The van der Waals surface area contributed by atoms with Crippen LogP contribution in [0.4, 0.5) is 10.2 Å². The van der Waals surface area contributed by atoms with Crippen molar-refractivity contribution in [3.63, 3.8) is 0 Å². The normalized spacial score (nSPS) is 11.3. The molecule has 0 amide bonds. The molecule has 0 atom stereocenters. The second-order valence-corrected chi connectivity index (χ2v) is 5.75. The van der Waals surface area contributed by atoms with Gasteiger partial charge in [-0.05, 0) is 54.1 Å². The molecule has 4 nitrogen and oxygen atoms in total. The number of hydrogen-bond donors (Lipinski definition) is 0. The van der Waals surface area contributed by atoms with E-state index in [0.29, 0.717) is 0 Å². The number of methoxy groups -OCH3 is 1. The minimum atomic E-state index is -0.268. The molecule has 4 aromatic rings. The van der Waals surface area contributed by atoms with E-state index in [1.54, 1.807) is 25.5 Å². The first-order valence-corrected chi connectivity index (χ1v) is 8.16. The Balaban J connectivity index is 1.82. The first-order valence-electron chi connectivity index (χ1n) is 8.16. The molecule has 5 heteroatoms. The molecule has 2 aromatic carbocycles. The van der Waals surface area contributed by atoms with Crippen LogP contribution in [0.2, 0.25) is 0 Å². The van der Waals surface area contributed by atoms with Crippen molar-refractivity contribution in [2.24, 2.45) is 4.99 Å². The van der Waals surface area contributed by atoms with Crippen LogP contribution in [0.3, 0.4) is 0 Å². The summed E-state index contributed by atoms with van der Waals surface area (Å²) in [6, 6.07) is 19.7. The summed E-state index contributed by atoms with van der Waals surface area (Å²) in [5.41, 5.74) is 3.35. The Morgan fingerprint density at radius 2 is 1.77 bits per heavy atom. The summed E-state index contributed by atoms with van der Waals surface area (Å²) in [5.74, 6) is 1.24. The Bertz CT molecular complexity index is 1070. The third-order valence-electron chi connectivity index (χ3n) is 4.07. The quantitative estimate of drug-likeness (QED) is 0.494. The van der Waals surface area contributed by atoms with E-state index in [0.717, 1.165) is 34.0 Å². The lowest BCUT2D eigenvalue weighted by molar-refractivity contribution is 0.415. The van der Waals surface area contributed by atoms with Gasteiger partial charge >= 0.3 is 0 Å². The highest BCUT2D eigenvalue weighted by atomic mass is 19.1. The van der Waals surface area contributed by atoms with Gasteiger partial charge in [0.15, 0.2) is 5.82 Å². The van der Waals surface area contributed by atoms with Crippen LogP contribution in [-0.2, 0) is 0 Å². The number of pyridine rings is 1. The fourth-order valence-electron chi connectivity index (χ4n) is 2.73. The van der Waals surface area contributed by atoms with Crippen molar-refractivity contribution < 1.29 is 9.13 Å². The molecule has 0 aliphatic heterocycles. The lowest BCUT2D eigenvalue weighted by atomic mass is 10.1. The van der Waals surface area contributed by atoms with Gasteiger partial charge in [0.05, 0.1) is 7.11 Å². The van der Waals surface area contributed by atoms with E-state index < -0.39 is 0 Å². The molecule has 0 saturated carbocycles. The number of fused-ring (bicyclic) bond motifs is 1. The third kappa shape index (κ3) is 3.07. The summed E-state index contributed by atoms with van der Waals surface area (Å²) >= 11 is 0. The van der Waals surface area contributed by atoms with Gasteiger partial charge in [-0.3, -0.25) is 4.40 Å². The standard InChI is InChI=1S/C21H16FN3O/c1-26-18-11-7-16(8-12-18)20-21(25-13-3-2-4-19(25)24-20)23-14-15-5-9-17(22)10-6-15/h2-14H,1H3/b23-14-. The van der Waals surface area contributed by atoms with Crippen molar-refractivity contribution >= 4 is 17.7 Å². The molecule has 0 bridgehead atoms. The maximum atomic E-state index is 13.1. The van der Waals surface area contributed by atoms with Crippen LogP contribution in [0.25, 0.3) is 16.9 Å². The molecule has 26 heavy (non-hydrogen) atoms. The molecule has 0 aliphatic rings. The number of halogens is 1. The van der Waals surface area contributed by atoms with E-state index in [4.69, 9.17) is 9.72 Å². The fourth-order valence-corrected chi connectivity index (χ4v) is 2.73. The Hall–Kier alpha value is -3.47. The highest BCUT2D eigenvalue weighted by molar-refractivity contribution is 5.85. The zero-order valence-corrected chi connectivity index (χ0v) is 14.1. The summed E-state index contributed by atoms with van der Waals surface area (Å²) in [6.07, 6.45) is 3.63. The van der Waals surface area contributed by atoms with Crippen molar-refractivity contribution in [1.82, 2.24) is 9.38 Å². The number of aliphatic imine (C=N–C) groups is 1. The maximum Gasteiger partial charge on any atom is 0.165 e. The molecule has 128 valence electrons. The average Bonchev–Trinajstić information content (AvgIpc) is 3.06. The van der Waals surface area contributed by atoms with Crippen molar-refractivity contribution in [3.05, 3.63) is 84.3 Å². The number of imidazole rings is 1. The molecule has 0 saturated heterocycles. The fraction of sp³-hybridized carbons (Fsp3) is 0.0476. The number of ether oxygens (including phenoxy) is 1. The van der Waals surface area contributed by atoms with Crippen molar-refractivity contribution in [2.75, 3.05) is 7.11 Å². The molecule has 0 fully saturated rings. The number of nitrogens with zero attached hydrogens (tertiary/aromatic N) is 3. The van der Waals surface area contributed by atoms with Crippen LogP contribution in [0.1, 0.15) is 5.56 Å². The van der Waals surface area contributed by atoms with Crippen LogP contribution in [0.15, 0.2) is 77.9 Å². The average molecular weight is 345 g/mol. The van der Waals surface area contributed by atoms with Crippen LogP contribution < -0.4 is 4.74 Å². The van der Waals surface area contributed by atoms with Crippen LogP contribution in [0, 0.1) is 5.82 Å². The first-order chi connectivity index (χ1) is 12.7. The van der Waals surface area contributed by atoms with Crippen LogP contribution in [0.5, 0.6) is 5.75 Å². The lowest BCUT2D eigenvalue weighted by Crippen LogP contribution is -1.86. The number of rotatable bonds is 4. The Morgan fingerprint density at radius 3 is 2.50 bits per heavy atom. The Labute approximate surface area is 150 Å². The summed E-state index contributed by atoms with van der Waals surface area (Å²) < 4.78 is 20.2. The molecule has 0 spiro atoms. The number of aromatic nitrogens is 2. The predicted octanol–water partition coefficient (Wildman–Crippen LogP) is 4.90. The first kappa shape index (κ1) is 16.0. The second-order valence-electron chi connectivity index (χ2n) is 5.75. The van der Waals surface area contributed by atoms with Gasteiger partial charge in [-0.15, -0.1) is 0 Å². The molecular weight excluding hydrogens is 329 g/mol. The van der Waals surface area contributed by atoms with Gasteiger partial charge in [-0.2, -0.15) is 0 Å². The Kier molecular flexibility index (Phi) is 4.19. The molecular formula is C21H16FN3O. The van der Waals surface area contributed by atoms with Gasteiger partial charge in [0.25, 0.3) is 0 Å². The van der Waals surface area contributed by atoms with E-state index in [1.807, 2.05) is 53.1 Å². The van der Waals surface area contributed by atoms with E-state index in [-0.39, 0.29) is 5.82 Å². The smallest absolute Gasteiger partial charge is 0.165 e. The van der Waals surface area contributed by atoms with Crippen LogP contribution >= 0.6 is 0 Å². The molecule has 2 heterocycles. The van der Waals surface area contributed by atoms with Crippen molar-refractivity contribution in [2.45, 2.75) is 0 Å². The van der Waals surface area contributed by atoms with Crippen LogP contribution in [-0.4, -0.2) is 22.7 Å². The predicted molar refractivity (Wildman–Crippen MR) is 101 cm³/mol. The second kappa shape index (κ2) is 6.80. The molecule has 0 radical (unpaired) electrons. The summed E-state index contributed by atoms with van der Waals surface area (Å²) in [4.78, 5) is 9.35. The van der Waals surface area contributed by atoms with E-state index in [2.05, 4.69) is 4.99 Å². The van der Waals surface area contributed by atoms with Gasteiger partial charge < -0.3 is 4.74 Å². The summed E-state index contributed by atoms with van der Waals surface area (Å²) in [6.45, 7) is 0. The van der Waals surface area contributed by atoms with Gasteiger partial charge in [-0.1, -0.05) is 18.2 Å². The van der Waals surface area contributed by atoms with Gasteiger partial charge in [0.2, 0.25) is 0 Å². The molecule has 4 rings (SSSR count). The summed E-state index contributed by atoms with van der Waals surface area (Å²) in [7, 11) is 1.64.